The van der Waals surface area contributed by atoms with Crippen LogP contribution in [0.15, 0.2) is 0 Å². The van der Waals surface area contributed by atoms with Crippen LogP contribution in [0.4, 0.5) is 17.6 Å². The summed E-state index contributed by atoms with van der Waals surface area (Å²) in [5.74, 6) is 1.38. The number of aromatic amines is 1. The zero-order chi connectivity index (χ0) is 11.8. The Morgan fingerprint density at radius 3 is 2.71 bits per heavy atom. The van der Waals surface area contributed by atoms with Crippen LogP contribution in [0, 0.1) is 0 Å². The van der Waals surface area contributed by atoms with Crippen LogP contribution >= 0.6 is 0 Å². The fraction of sp³-hybridized carbons (Fsp3) is 0.444. The topological polar surface area (TPSA) is 119 Å². The maximum Gasteiger partial charge on any atom is 0.224 e. The SMILES string of the molecule is Nc1nc(N2CCOCC2)c2c(N)[nH]nc2n1. The van der Waals surface area contributed by atoms with E-state index in [1.165, 1.54) is 0 Å². The van der Waals surface area contributed by atoms with Crippen molar-refractivity contribution in [2.45, 2.75) is 0 Å². The molecule has 3 rings (SSSR count). The van der Waals surface area contributed by atoms with E-state index in [9.17, 15) is 0 Å². The Kier molecular flexibility index (Phi) is 2.22. The predicted molar refractivity (Wildman–Crippen MR) is 63.5 cm³/mol. The van der Waals surface area contributed by atoms with Crippen LogP contribution in [0.25, 0.3) is 11.0 Å². The minimum atomic E-state index is 0.200. The highest BCUT2D eigenvalue weighted by Crippen LogP contribution is 2.28. The molecule has 17 heavy (non-hydrogen) atoms. The van der Waals surface area contributed by atoms with Gasteiger partial charge in [-0.3, -0.25) is 5.10 Å². The molecule has 0 aromatic carbocycles. The van der Waals surface area contributed by atoms with E-state index in [4.69, 9.17) is 16.2 Å². The van der Waals surface area contributed by atoms with Crippen molar-refractivity contribution >= 4 is 28.6 Å². The van der Waals surface area contributed by atoms with Crippen LogP contribution in [0.3, 0.4) is 0 Å². The monoisotopic (exact) mass is 235 g/mol. The summed E-state index contributed by atoms with van der Waals surface area (Å²) in [5.41, 5.74) is 12.0. The van der Waals surface area contributed by atoms with E-state index < -0.39 is 0 Å². The second kappa shape index (κ2) is 3.74. The summed E-state index contributed by atoms with van der Waals surface area (Å²) in [5, 5.41) is 7.41. The lowest BCUT2D eigenvalue weighted by Crippen LogP contribution is -2.37. The Morgan fingerprint density at radius 2 is 1.94 bits per heavy atom. The number of anilines is 3. The number of ether oxygens (including phenoxy) is 1. The maximum absolute atomic E-state index is 5.84. The van der Waals surface area contributed by atoms with E-state index >= 15 is 0 Å². The molecular formula is C9H13N7O. The predicted octanol–water partition coefficient (Wildman–Crippen LogP) is -0.646. The Balaban J connectivity index is 2.15. The van der Waals surface area contributed by atoms with Gasteiger partial charge >= 0.3 is 0 Å². The summed E-state index contributed by atoms with van der Waals surface area (Å²) in [7, 11) is 0. The molecule has 2 aromatic heterocycles. The van der Waals surface area contributed by atoms with Gasteiger partial charge in [0.2, 0.25) is 5.95 Å². The molecule has 90 valence electrons. The van der Waals surface area contributed by atoms with Gasteiger partial charge in [0.15, 0.2) is 5.65 Å². The van der Waals surface area contributed by atoms with Crippen molar-refractivity contribution in [2.24, 2.45) is 0 Å². The number of H-pyrrole nitrogens is 1. The number of fused-ring (bicyclic) bond motifs is 1. The number of nitrogens with one attached hydrogen (secondary N) is 1. The number of nitrogens with two attached hydrogens (primary N) is 2. The van der Waals surface area contributed by atoms with Gasteiger partial charge in [-0.05, 0) is 0 Å². The van der Waals surface area contributed by atoms with Crippen molar-refractivity contribution in [1.29, 1.82) is 0 Å². The van der Waals surface area contributed by atoms with Gasteiger partial charge in [-0.1, -0.05) is 0 Å². The van der Waals surface area contributed by atoms with Crippen molar-refractivity contribution in [3.63, 3.8) is 0 Å². The molecule has 5 N–H and O–H groups in total. The first kappa shape index (κ1) is 10.1. The van der Waals surface area contributed by atoms with Crippen LogP contribution in [0.5, 0.6) is 0 Å². The average Bonchev–Trinajstić information content (AvgIpc) is 2.71. The van der Waals surface area contributed by atoms with E-state index in [-0.39, 0.29) is 5.95 Å². The molecule has 1 saturated heterocycles. The molecule has 0 atom stereocenters. The summed E-state index contributed by atoms with van der Waals surface area (Å²) in [6.07, 6.45) is 0. The van der Waals surface area contributed by atoms with Gasteiger partial charge in [0.1, 0.15) is 17.0 Å². The van der Waals surface area contributed by atoms with Gasteiger partial charge in [-0.25, -0.2) is 0 Å². The first-order valence-corrected chi connectivity index (χ1v) is 5.35. The Labute approximate surface area is 97.0 Å². The highest BCUT2D eigenvalue weighted by atomic mass is 16.5. The highest BCUT2D eigenvalue weighted by Gasteiger charge is 2.19. The number of nitrogen functional groups attached to an aromatic ring is 2. The number of hydrogen-bond acceptors (Lipinski definition) is 7. The zero-order valence-corrected chi connectivity index (χ0v) is 9.18. The zero-order valence-electron chi connectivity index (χ0n) is 9.18. The van der Waals surface area contributed by atoms with Gasteiger partial charge in [-0.15, -0.1) is 0 Å². The number of morpholine rings is 1. The van der Waals surface area contributed by atoms with Crippen molar-refractivity contribution in [2.75, 3.05) is 42.7 Å². The van der Waals surface area contributed by atoms with Crippen molar-refractivity contribution in [3.05, 3.63) is 0 Å². The van der Waals surface area contributed by atoms with Gasteiger partial charge in [0, 0.05) is 13.1 Å². The van der Waals surface area contributed by atoms with Gasteiger partial charge in [0.05, 0.1) is 13.2 Å². The lowest BCUT2D eigenvalue weighted by molar-refractivity contribution is 0.122. The van der Waals surface area contributed by atoms with Gasteiger partial charge < -0.3 is 21.1 Å². The molecule has 2 aromatic rings. The van der Waals surface area contributed by atoms with Crippen LogP contribution in [-0.2, 0) is 4.74 Å². The molecule has 0 aliphatic carbocycles. The average molecular weight is 235 g/mol. The third kappa shape index (κ3) is 1.62. The normalized spacial score (nSPS) is 16.6. The van der Waals surface area contributed by atoms with Gasteiger partial charge in [-0.2, -0.15) is 15.1 Å². The molecule has 8 heteroatoms. The molecule has 1 aliphatic rings. The summed E-state index contributed by atoms with van der Waals surface area (Å²) in [4.78, 5) is 10.4. The lowest BCUT2D eigenvalue weighted by atomic mass is 10.3. The molecule has 0 bridgehead atoms. The molecule has 0 amide bonds. The van der Waals surface area contributed by atoms with Crippen LogP contribution in [-0.4, -0.2) is 46.5 Å². The molecule has 1 aliphatic heterocycles. The summed E-state index contributed by atoms with van der Waals surface area (Å²) in [6.45, 7) is 2.86. The Bertz CT molecular complexity index is 546. The molecule has 8 nitrogen and oxygen atoms in total. The largest absolute Gasteiger partial charge is 0.383 e. The maximum atomic E-state index is 5.84. The fourth-order valence-corrected chi connectivity index (χ4v) is 1.95. The quantitative estimate of drug-likeness (QED) is 0.601. The number of aromatic nitrogens is 4. The standard InChI is InChI=1S/C9H13N7O/c10-6-5-7(15-14-6)12-9(11)13-8(5)16-1-3-17-4-2-16/h1-4H2,(H5,10,11,12,13,14,15). The molecular weight excluding hydrogens is 222 g/mol. The molecule has 1 fully saturated rings. The minimum absolute atomic E-state index is 0.200. The van der Waals surface area contributed by atoms with E-state index in [1.54, 1.807) is 0 Å². The van der Waals surface area contributed by atoms with E-state index in [0.717, 1.165) is 24.3 Å². The molecule has 0 radical (unpaired) electrons. The second-order valence-corrected chi connectivity index (χ2v) is 3.84. The Morgan fingerprint density at radius 1 is 1.18 bits per heavy atom. The van der Waals surface area contributed by atoms with Crippen molar-refractivity contribution in [3.8, 4) is 0 Å². The molecule has 0 saturated carbocycles. The molecule has 3 heterocycles. The van der Waals surface area contributed by atoms with Crippen LogP contribution in [0.1, 0.15) is 0 Å². The number of hydrogen-bond donors (Lipinski definition) is 3. The summed E-state index contributed by atoms with van der Waals surface area (Å²) in [6, 6.07) is 0. The number of nitrogens with zero attached hydrogens (tertiary/aromatic N) is 4. The summed E-state index contributed by atoms with van der Waals surface area (Å²) < 4.78 is 5.30. The summed E-state index contributed by atoms with van der Waals surface area (Å²) >= 11 is 0. The first-order chi connectivity index (χ1) is 8.25. The highest BCUT2D eigenvalue weighted by molar-refractivity contribution is 5.96. The van der Waals surface area contributed by atoms with Crippen LogP contribution in [0.2, 0.25) is 0 Å². The lowest BCUT2D eigenvalue weighted by Gasteiger charge is -2.28. The molecule has 0 spiro atoms. The van der Waals surface area contributed by atoms with Gasteiger partial charge in [0.25, 0.3) is 0 Å². The first-order valence-electron chi connectivity index (χ1n) is 5.35. The smallest absolute Gasteiger partial charge is 0.224 e. The van der Waals surface area contributed by atoms with E-state index in [0.29, 0.717) is 24.7 Å². The fourth-order valence-electron chi connectivity index (χ4n) is 1.95. The third-order valence-corrected chi connectivity index (χ3v) is 2.75. The minimum Gasteiger partial charge on any atom is -0.383 e. The number of rotatable bonds is 1. The van der Waals surface area contributed by atoms with E-state index in [2.05, 4.69) is 25.1 Å². The van der Waals surface area contributed by atoms with Crippen molar-refractivity contribution in [1.82, 2.24) is 20.2 Å². The van der Waals surface area contributed by atoms with Crippen molar-refractivity contribution < 1.29 is 4.74 Å². The molecule has 0 unspecified atom stereocenters. The van der Waals surface area contributed by atoms with E-state index in [1.807, 2.05) is 0 Å². The Hall–Kier alpha value is -2.09. The third-order valence-electron chi connectivity index (χ3n) is 2.75. The second-order valence-electron chi connectivity index (χ2n) is 3.84. The van der Waals surface area contributed by atoms with Crippen LogP contribution < -0.4 is 16.4 Å².